The van der Waals surface area contributed by atoms with Crippen molar-refractivity contribution in [3.63, 3.8) is 0 Å². The van der Waals surface area contributed by atoms with Crippen molar-refractivity contribution in [2.45, 2.75) is 26.1 Å². The topological polar surface area (TPSA) is 90.8 Å². The maximum absolute atomic E-state index is 10.9. The van der Waals surface area contributed by atoms with Gasteiger partial charge in [0, 0.05) is 38.1 Å². The molecule has 4 rings (SSSR count). The summed E-state index contributed by atoms with van der Waals surface area (Å²) in [6.07, 6.45) is 6.46. The summed E-state index contributed by atoms with van der Waals surface area (Å²) in [7, 11) is 0. The minimum absolute atomic E-state index is 0.0952. The highest BCUT2D eigenvalue weighted by atomic mass is 35.5. The maximum atomic E-state index is 10.9. The number of nitrogens with zero attached hydrogens (tertiary/aromatic N) is 5. The lowest BCUT2D eigenvalue weighted by Gasteiger charge is -2.11. The van der Waals surface area contributed by atoms with E-state index in [4.69, 9.17) is 16.6 Å². The number of hydrogen-bond acceptors (Lipinski definition) is 5. The van der Waals surface area contributed by atoms with Gasteiger partial charge in [-0.25, -0.2) is 9.97 Å². The number of halogens is 1. The molecule has 0 aliphatic carbocycles. The fourth-order valence-corrected chi connectivity index (χ4v) is 3.53. The fraction of sp³-hybridized carbons (Fsp3) is 0.200. The molecule has 0 saturated heterocycles. The van der Waals surface area contributed by atoms with Gasteiger partial charge < -0.3 is 14.5 Å². The van der Waals surface area contributed by atoms with Crippen LogP contribution in [-0.4, -0.2) is 24.0 Å². The van der Waals surface area contributed by atoms with Crippen molar-refractivity contribution in [1.82, 2.24) is 19.1 Å². The van der Waals surface area contributed by atoms with Crippen molar-refractivity contribution in [3.05, 3.63) is 81.9 Å². The first kappa shape index (κ1) is 18.9. The molecule has 0 aliphatic rings. The number of benzene rings is 2. The number of nitrogens with one attached hydrogen (secondary N) is 1. The second-order valence-electron chi connectivity index (χ2n) is 6.63. The molecule has 1 N–H and O–H groups in total. The summed E-state index contributed by atoms with van der Waals surface area (Å²) in [4.78, 5) is 19.2. The van der Waals surface area contributed by atoms with E-state index in [-0.39, 0.29) is 10.7 Å². The minimum Gasteiger partial charge on any atom is -0.352 e. The van der Waals surface area contributed by atoms with Gasteiger partial charge in [-0.1, -0.05) is 29.8 Å². The highest BCUT2D eigenvalue weighted by Gasteiger charge is 2.13. The van der Waals surface area contributed by atoms with E-state index in [0.717, 1.165) is 42.1 Å². The number of hydrogen-bond donors (Lipinski definition) is 1. The summed E-state index contributed by atoms with van der Waals surface area (Å²) in [6, 6.07) is 12.7. The average molecular weight is 411 g/mol. The van der Waals surface area contributed by atoms with E-state index in [9.17, 15) is 10.1 Å². The van der Waals surface area contributed by atoms with E-state index in [1.54, 1.807) is 18.3 Å². The van der Waals surface area contributed by atoms with Crippen LogP contribution >= 0.6 is 11.6 Å². The Balaban J connectivity index is 1.51. The number of aryl methyl sites for hydroxylation is 2. The van der Waals surface area contributed by atoms with Crippen LogP contribution in [0.5, 0.6) is 0 Å². The predicted molar refractivity (Wildman–Crippen MR) is 112 cm³/mol. The van der Waals surface area contributed by atoms with Crippen molar-refractivity contribution in [2.24, 2.45) is 0 Å². The largest absolute Gasteiger partial charge is 0.352 e. The van der Waals surface area contributed by atoms with Crippen LogP contribution < -0.4 is 5.32 Å². The van der Waals surface area contributed by atoms with Crippen LogP contribution in [0.1, 0.15) is 12.0 Å². The molecule has 2 heterocycles. The molecule has 0 aliphatic heterocycles. The molecule has 0 saturated carbocycles. The monoisotopic (exact) mass is 410 g/mol. The van der Waals surface area contributed by atoms with E-state index in [1.165, 1.54) is 6.07 Å². The Morgan fingerprint density at radius 1 is 1.17 bits per heavy atom. The predicted octanol–water partition coefficient (Wildman–Crippen LogP) is 4.50. The zero-order valence-corrected chi connectivity index (χ0v) is 16.3. The van der Waals surface area contributed by atoms with Crippen LogP contribution in [0, 0.1) is 10.1 Å². The normalized spacial score (nSPS) is 11.1. The van der Waals surface area contributed by atoms with Gasteiger partial charge in [-0.05, 0) is 30.2 Å². The van der Waals surface area contributed by atoms with Gasteiger partial charge in [0.1, 0.15) is 5.02 Å². The number of para-hydroxylation sites is 2. The van der Waals surface area contributed by atoms with Crippen molar-refractivity contribution >= 4 is 34.3 Å². The van der Waals surface area contributed by atoms with Gasteiger partial charge >= 0.3 is 0 Å². The third-order valence-corrected chi connectivity index (χ3v) is 4.97. The Morgan fingerprint density at radius 2 is 2.03 bits per heavy atom. The fourth-order valence-electron chi connectivity index (χ4n) is 3.26. The van der Waals surface area contributed by atoms with Gasteiger partial charge in [-0.2, -0.15) is 0 Å². The molecule has 0 spiro atoms. The zero-order valence-electron chi connectivity index (χ0n) is 15.5. The number of fused-ring (bicyclic) bond motifs is 1. The second kappa shape index (κ2) is 8.32. The van der Waals surface area contributed by atoms with E-state index in [2.05, 4.69) is 14.9 Å². The van der Waals surface area contributed by atoms with Gasteiger partial charge in [0.15, 0.2) is 0 Å². The molecule has 0 unspecified atom stereocenters. The molecule has 0 amide bonds. The number of imidazole rings is 2. The van der Waals surface area contributed by atoms with Gasteiger partial charge in [-0.3, -0.25) is 10.1 Å². The quantitative estimate of drug-likeness (QED) is 0.341. The Hall–Kier alpha value is -3.39. The molecule has 2 aromatic heterocycles. The third-order valence-electron chi connectivity index (χ3n) is 4.67. The molecular weight excluding hydrogens is 392 g/mol. The Labute approximate surface area is 171 Å². The molecule has 2 aromatic carbocycles. The molecule has 4 aromatic rings. The first-order valence-electron chi connectivity index (χ1n) is 9.19. The summed E-state index contributed by atoms with van der Waals surface area (Å²) in [5.41, 5.74) is 2.72. The van der Waals surface area contributed by atoms with Crippen LogP contribution in [0.4, 0.5) is 11.6 Å². The molecule has 8 nitrogen and oxygen atoms in total. The summed E-state index contributed by atoms with van der Waals surface area (Å²) in [5, 5.41) is 14.4. The molecule has 9 heteroatoms. The number of rotatable bonds is 8. The molecule has 29 heavy (non-hydrogen) atoms. The zero-order chi connectivity index (χ0) is 20.2. The first-order valence-corrected chi connectivity index (χ1v) is 9.57. The van der Waals surface area contributed by atoms with Crippen LogP contribution in [0.3, 0.4) is 0 Å². The smallest absolute Gasteiger partial charge is 0.287 e. The van der Waals surface area contributed by atoms with Gasteiger partial charge in [0.2, 0.25) is 5.95 Å². The summed E-state index contributed by atoms with van der Waals surface area (Å²) in [5.74, 6) is 0.756. The maximum Gasteiger partial charge on any atom is 0.287 e. The number of aromatic nitrogens is 4. The molecular formula is C20H19ClN6O2. The molecule has 0 radical (unpaired) electrons. The lowest BCUT2D eigenvalue weighted by atomic mass is 10.2. The lowest BCUT2D eigenvalue weighted by Crippen LogP contribution is -2.09. The minimum atomic E-state index is -0.487. The van der Waals surface area contributed by atoms with Crippen molar-refractivity contribution in [1.29, 1.82) is 0 Å². The van der Waals surface area contributed by atoms with Crippen LogP contribution in [0.25, 0.3) is 11.0 Å². The summed E-state index contributed by atoms with van der Waals surface area (Å²) < 4.78 is 4.20. The number of nitro benzene ring substituents is 1. The number of anilines is 1. The SMILES string of the molecule is O=[N+]([O-])c1ccc(CNc2nc3ccccc3n2CCCn2ccnc2)cc1Cl. The van der Waals surface area contributed by atoms with Crippen molar-refractivity contribution < 1.29 is 4.92 Å². The molecule has 148 valence electrons. The molecule has 0 bridgehead atoms. The third kappa shape index (κ3) is 4.22. The molecule has 0 atom stereocenters. The van der Waals surface area contributed by atoms with Crippen molar-refractivity contribution in [2.75, 3.05) is 5.32 Å². The first-order chi connectivity index (χ1) is 14.1. The van der Waals surface area contributed by atoms with E-state index in [0.29, 0.717) is 6.54 Å². The summed E-state index contributed by atoms with van der Waals surface area (Å²) in [6.45, 7) is 2.12. The second-order valence-corrected chi connectivity index (χ2v) is 7.03. The Kier molecular flexibility index (Phi) is 5.44. The van der Waals surface area contributed by atoms with Gasteiger partial charge in [0.05, 0.1) is 22.3 Å². The van der Waals surface area contributed by atoms with E-state index < -0.39 is 4.92 Å². The van der Waals surface area contributed by atoms with Crippen LogP contribution in [0.2, 0.25) is 5.02 Å². The highest BCUT2D eigenvalue weighted by Crippen LogP contribution is 2.26. The van der Waals surface area contributed by atoms with Gasteiger partial charge in [-0.15, -0.1) is 0 Å². The highest BCUT2D eigenvalue weighted by molar-refractivity contribution is 6.32. The number of nitro groups is 1. The Morgan fingerprint density at radius 3 is 2.79 bits per heavy atom. The van der Waals surface area contributed by atoms with E-state index >= 15 is 0 Å². The lowest BCUT2D eigenvalue weighted by molar-refractivity contribution is -0.384. The van der Waals surface area contributed by atoms with Crippen LogP contribution in [0.15, 0.2) is 61.2 Å². The van der Waals surface area contributed by atoms with Crippen LogP contribution in [-0.2, 0) is 19.6 Å². The summed E-state index contributed by atoms with van der Waals surface area (Å²) >= 11 is 6.02. The Bertz CT molecular complexity index is 1140. The average Bonchev–Trinajstić information content (AvgIpc) is 3.34. The van der Waals surface area contributed by atoms with Crippen molar-refractivity contribution in [3.8, 4) is 0 Å². The standard InChI is InChI=1S/C20H19ClN6O2/c21-16-12-15(6-7-18(16)27(28)29)13-23-20-24-17-4-1-2-5-19(17)26(20)10-3-9-25-11-8-22-14-25/h1-2,4-8,11-12,14H,3,9-10,13H2,(H,23,24). The van der Waals surface area contributed by atoms with E-state index in [1.807, 2.05) is 41.4 Å². The molecule has 0 fully saturated rings. The van der Waals surface area contributed by atoms with Gasteiger partial charge in [0.25, 0.3) is 5.69 Å².